The topological polar surface area (TPSA) is 61.6 Å². The van der Waals surface area contributed by atoms with Crippen LogP contribution in [0.2, 0.25) is 0 Å². The molecule has 2 fully saturated rings. The number of hydrogen-bond donors (Lipinski definition) is 1. The van der Waals surface area contributed by atoms with Gasteiger partial charge in [-0.2, -0.15) is 0 Å². The number of hydrogen-bond acceptors (Lipinski definition) is 4. The van der Waals surface area contributed by atoms with Crippen LogP contribution in [0.15, 0.2) is 43.1 Å². The summed E-state index contributed by atoms with van der Waals surface area (Å²) in [5, 5.41) is 15.2. The summed E-state index contributed by atoms with van der Waals surface area (Å²) in [7, 11) is 2.12. The number of nitrogens with zero attached hydrogens (tertiary/aromatic N) is 4. The summed E-state index contributed by atoms with van der Waals surface area (Å²) < 4.78 is 1.74. The first kappa shape index (κ1) is 21.6. The fourth-order valence-corrected chi connectivity index (χ4v) is 4.87. The van der Waals surface area contributed by atoms with Crippen LogP contribution in [0, 0.1) is 11.8 Å². The number of para-hydroxylation sites is 1. The van der Waals surface area contributed by atoms with Crippen molar-refractivity contribution in [3.8, 4) is 5.69 Å². The maximum atomic E-state index is 13.9. The molecule has 1 saturated heterocycles. The number of aliphatic hydroxyl groups is 1. The molecule has 4 rings (SSSR count). The largest absolute Gasteiger partial charge is 0.508 e. The van der Waals surface area contributed by atoms with Gasteiger partial charge in [0.25, 0.3) is 0 Å². The number of aromatic nitrogens is 2. The van der Waals surface area contributed by atoms with Crippen molar-refractivity contribution < 1.29 is 9.90 Å². The zero-order valence-corrected chi connectivity index (χ0v) is 18.7. The summed E-state index contributed by atoms with van der Waals surface area (Å²) in [6.45, 7) is 7.94. The second-order valence-electron chi connectivity index (χ2n) is 9.29. The van der Waals surface area contributed by atoms with E-state index in [2.05, 4.69) is 25.5 Å². The smallest absolute Gasteiger partial charge is 0.231 e. The molecule has 0 atom stereocenters. The van der Waals surface area contributed by atoms with Crippen LogP contribution in [0.1, 0.15) is 51.0 Å². The molecule has 0 radical (unpaired) electrons. The first-order valence-electron chi connectivity index (χ1n) is 11.5. The van der Waals surface area contributed by atoms with Gasteiger partial charge in [-0.3, -0.25) is 9.69 Å². The lowest BCUT2D eigenvalue weighted by Gasteiger charge is -2.39. The Morgan fingerprint density at radius 2 is 1.74 bits per heavy atom. The SMILES string of the molecule is C=C(O)c1cn(-c2ccccc2)nc1N(C(=O)C1CCC(C)CC1)C1CCN(C)CC1. The molecule has 31 heavy (non-hydrogen) atoms. The van der Waals surface area contributed by atoms with E-state index in [-0.39, 0.29) is 23.6 Å². The van der Waals surface area contributed by atoms with Gasteiger partial charge in [-0.1, -0.05) is 31.7 Å². The molecule has 6 nitrogen and oxygen atoms in total. The Morgan fingerprint density at radius 3 is 2.35 bits per heavy atom. The number of aliphatic hydroxyl groups excluding tert-OH is 1. The molecule has 2 aliphatic rings. The first-order valence-corrected chi connectivity index (χ1v) is 11.5. The highest BCUT2D eigenvalue weighted by molar-refractivity contribution is 5.97. The van der Waals surface area contributed by atoms with Gasteiger partial charge in [0.15, 0.2) is 5.82 Å². The summed E-state index contributed by atoms with van der Waals surface area (Å²) in [6, 6.07) is 9.87. The number of piperidine rings is 1. The van der Waals surface area contributed by atoms with Gasteiger partial charge < -0.3 is 10.0 Å². The van der Waals surface area contributed by atoms with Crippen molar-refractivity contribution in [2.45, 2.75) is 51.5 Å². The number of amides is 1. The minimum absolute atomic E-state index is 0.0255. The number of likely N-dealkylation sites (tertiary alicyclic amines) is 1. The molecule has 1 N–H and O–H groups in total. The van der Waals surface area contributed by atoms with Crippen molar-refractivity contribution in [3.63, 3.8) is 0 Å². The standard InChI is InChI=1S/C25H34N4O2/c1-18-9-11-20(12-10-18)25(31)29(22-13-15-27(3)16-14-22)24-23(19(2)30)17-28(26-24)21-7-5-4-6-8-21/h4-8,17-18,20,22,30H,2,9-16H2,1,3H3. The van der Waals surface area contributed by atoms with E-state index in [1.807, 2.05) is 35.2 Å². The van der Waals surface area contributed by atoms with Gasteiger partial charge in [-0.25, -0.2) is 4.68 Å². The number of anilines is 1. The normalized spacial score (nSPS) is 22.9. The average Bonchev–Trinajstić information content (AvgIpc) is 3.22. The lowest BCUT2D eigenvalue weighted by atomic mass is 9.82. The fourth-order valence-electron chi connectivity index (χ4n) is 4.87. The third-order valence-electron chi connectivity index (χ3n) is 6.91. The fraction of sp³-hybridized carbons (Fsp3) is 0.520. The third-order valence-corrected chi connectivity index (χ3v) is 6.91. The van der Waals surface area contributed by atoms with Gasteiger partial charge in [-0.05, 0) is 76.7 Å². The third kappa shape index (κ3) is 4.69. The quantitative estimate of drug-likeness (QED) is 0.712. The van der Waals surface area contributed by atoms with Crippen LogP contribution >= 0.6 is 0 Å². The Kier molecular flexibility index (Phi) is 6.46. The molecule has 0 bridgehead atoms. The zero-order chi connectivity index (χ0) is 22.0. The van der Waals surface area contributed by atoms with Crippen LogP contribution in [0.25, 0.3) is 11.4 Å². The van der Waals surface area contributed by atoms with Crippen LogP contribution in [0.5, 0.6) is 0 Å². The van der Waals surface area contributed by atoms with E-state index in [1.54, 1.807) is 10.9 Å². The highest BCUT2D eigenvalue weighted by atomic mass is 16.3. The predicted octanol–water partition coefficient (Wildman–Crippen LogP) is 4.65. The number of carbonyl (C=O) groups is 1. The van der Waals surface area contributed by atoms with E-state index in [4.69, 9.17) is 5.10 Å². The maximum Gasteiger partial charge on any atom is 0.231 e. The lowest BCUT2D eigenvalue weighted by molar-refractivity contribution is -0.124. The second kappa shape index (κ2) is 9.27. The highest BCUT2D eigenvalue weighted by Gasteiger charge is 2.37. The predicted molar refractivity (Wildman–Crippen MR) is 124 cm³/mol. The van der Waals surface area contributed by atoms with Gasteiger partial charge in [0.2, 0.25) is 5.91 Å². The molecule has 0 unspecified atom stereocenters. The van der Waals surface area contributed by atoms with Crippen LogP contribution in [0.4, 0.5) is 5.82 Å². The minimum atomic E-state index is -0.0554. The maximum absolute atomic E-state index is 13.9. The minimum Gasteiger partial charge on any atom is -0.508 e. The molecular formula is C25H34N4O2. The Hall–Kier alpha value is -2.60. The van der Waals surface area contributed by atoms with Gasteiger partial charge in [-0.15, -0.1) is 5.10 Å². The Bertz CT molecular complexity index is 907. The number of rotatable bonds is 5. The van der Waals surface area contributed by atoms with Crippen molar-refractivity contribution in [2.75, 3.05) is 25.0 Å². The van der Waals surface area contributed by atoms with Crippen molar-refractivity contribution in [1.82, 2.24) is 14.7 Å². The van der Waals surface area contributed by atoms with E-state index in [9.17, 15) is 9.90 Å². The number of benzene rings is 1. The summed E-state index contributed by atoms with van der Waals surface area (Å²) in [4.78, 5) is 18.1. The molecule has 1 aromatic heterocycles. The number of carbonyl (C=O) groups excluding carboxylic acids is 1. The molecule has 1 amide bonds. The van der Waals surface area contributed by atoms with E-state index in [1.165, 1.54) is 0 Å². The molecule has 166 valence electrons. The van der Waals surface area contributed by atoms with Gasteiger partial charge >= 0.3 is 0 Å². The van der Waals surface area contributed by atoms with Crippen LogP contribution in [0.3, 0.4) is 0 Å². The van der Waals surface area contributed by atoms with Gasteiger partial charge in [0.05, 0.1) is 11.3 Å². The Balaban J connectivity index is 1.73. The average molecular weight is 423 g/mol. The molecule has 6 heteroatoms. The van der Waals surface area contributed by atoms with E-state index in [0.29, 0.717) is 17.3 Å². The molecule has 0 spiro atoms. The molecular weight excluding hydrogens is 388 g/mol. The molecule has 1 aliphatic carbocycles. The van der Waals surface area contributed by atoms with Crippen molar-refractivity contribution in [3.05, 3.63) is 48.7 Å². The van der Waals surface area contributed by atoms with Crippen LogP contribution in [-0.4, -0.2) is 51.9 Å². The van der Waals surface area contributed by atoms with Gasteiger partial charge in [0.1, 0.15) is 5.76 Å². The molecule has 2 heterocycles. The van der Waals surface area contributed by atoms with Crippen molar-refractivity contribution in [2.24, 2.45) is 11.8 Å². The summed E-state index contributed by atoms with van der Waals surface area (Å²) in [5.74, 6) is 1.35. The molecule has 1 aliphatic heterocycles. The van der Waals surface area contributed by atoms with Crippen LogP contribution in [-0.2, 0) is 4.79 Å². The zero-order valence-electron chi connectivity index (χ0n) is 18.7. The van der Waals surface area contributed by atoms with Gasteiger partial charge in [0, 0.05) is 18.2 Å². The Morgan fingerprint density at radius 1 is 1.10 bits per heavy atom. The van der Waals surface area contributed by atoms with Crippen LogP contribution < -0.4 is 4.90 Å². The van der Waals surface area contributed by atoms with E-state index >= 15 is 0 Å². The summed E-state index contributed by atoms with van der Waals surface area (Å²) in [5.41, 5.74) is 1.42. The summed E-state index contributed by atoms with van der Waals surface area (Å²) in [6.07, 6.45) is 7.63. The van der Waals surface area contributed by atoms with E-state index < -0.39 is 0 Å². The lowest BCUT2D eigenvalue weighted by Crippen LogP contribution is -2.49. The monoisotopic (exact) mass is 422 g/mol. The second-order valence-corrected chi connectivity index (χ2v) is 9.29. The van der Waals surface area contributed by atoms with Crippen molar-refractivity contribution >= 4 is 17.5 Å². The summed E-state index contributed by atoms with van der Waals surface area (Å²) >= 11 is 0. The molecule has 2 aromatic rings. The molecule has 1 aromatic carbocycles. The molecule has 1 saturated carbocycles. The van der Waals surface area contributed by atoms with E-state index in [0.717, 1.165) is 57.3 Å². The highest BCUT2D eigenvalue weighted by Crippen LogP contribution is 2.35. The van der Waals surface area contributed by atoms with Crippen molar-refractivity contribution in [1.29, 1.82) is 0 Å². The Labute approximate surface area is 185 Å². The first-order chi connectivity index (χ1) is 14.9.